The van der Waals surface area contributed by atoms with Gasteiger partial charge in [-0.25, -0.2) is 9.97 Å². The SMILES string of the molecule is CC1(CNc2ncnc(Cl)c2N)CCOCC1. The molecule has 2 rings (SSSR count). The number of nitrogens with one attached hydrogen (secondary N) is 1. The van der Waals surface area contributed by atoms with Crippen molar-refractivity contribution in [2.45, 2.75) is 19.8 Å². The van der Waals surface area contributed by atoms with Crippen molar-refractivity contribution >= 4 is 23.1 Å². The summed E-state index contributed by atoms with van der Waals surface area (Å²) in [5.74, 6) is 0.609. The van der Waals surface area contributed by atoms with Crippen LogP contribution in [0.5, 0.6) is 0 Å². The Morgan fingerprint density at radius 1 is 1.47 bits per heavy atom. The van der Waals surface area contributed by atoms with Crippen LogP contribution in [0, 0.1) is 5.41 Å². The normalized spacial score (nSPS) is 18.9. The highest BCUT2D eigenvalue weighted by Crippen LogP contribution is 2.31. The third kappa shape index (κ3) is 2.98. The van der Waals surface area contributed by atoms with Gasteiger partial charge in [0, 0.05) is 19.8 Å². The molecule has 1 aromatic rings. The van der Waals surface area contributed by atoms with E-state index in [4.69, 9.17) is 22.1 Å². The van der Waals surface area contributed by atoms with E-state index >= 15 is 0 Å². The lowest BCUT2D eigenvalue weighted by molar-refractivity contribution is 0.0300. The van der Waals surface area contributed by atoms with E-state index in [-0.39, 0.29) is 5.41 Å². The van der Waals surface area contributed by atoms with Gasteiger partial charge in [-0.05, 0) is 18.3 Å². The van der Waals surface area contributed by atoms with E-state index < -0.39 is 0 Å². The number of aromatic nitrogens is 2. The van der Waals surface area contributed by atoms with Crippen LogP contribution in [-0.4, -0.2) is 29.7 Å². The molecule has 6 heteroatoms. The topological polar surface area (TPSA) is 73.1 Å². The zero-order valence-corrected chi connectivity index (χ0v) is 10.6. The van der Waals surface area contributed by atoms with E-state index in [2.05, 4.69) is 22.2 Å². The first-order valence-electron chi connectivity index (χ1n) is 5.68. The molecule has 5 nitrogen and oxygen atoms in total. The van der Waals surface area contributed by atoms with Gasteiger partial charge in [-0.2, -0.15) is 0 Å². The van der Waals surface area contributed by atoms with E-state index in [1.807, 2.05) is 0 Å². The second kappa shape index (κ2) is 5.06. The Balaban J connectivity index is 1.99. The van der Waals surface area contributed by atoms with Crippen LogP contribution in [0.3, 0.4) is 0 Å². The maximum absolute atomic E-state index is 5.83. The highest BCUT2D eigenvalue weighted by molar-refractivity contribution is 6.32. The van der Waals surface area contributed by atoms with Gasteiger partial charge in [0.1, 0.15) is 12.0 Å². The zero-order valence-electron chi connectivity index (χ0n) is 9.87. The molecule has 17 heavy (non-hydrogen) atoms. The van der Waals surface area contributed by atoms with Gasteiger partial charge in [-0.1, -0.05) is 18.5 Å². The molecule has 2 heterocycles. The van der Waals surface area contributed by atoms with Crippen LogP contribution in [0.1, 0.15) is 19.8 Å². The number of nitrogens with two attached hydrogens (primary N) is 1. The Morgan fingerprint density at radius 3 is 2.88 bits per heavy atom. The molecule has 0 aliphatic carbocycles. The van der Waals surface area contributed by atoms with Gasteiger partial charge in [-0.15, -0.1) is 0 Å². The van der Waals surface area contributed by atoms with E-state index in [1.165, 1.54) is 6.33 Å². The van der Waals surface area contributed by atoms with E-state index in [9.17, 15) is 0 Å². The quantitative estimate of drug-likeness (QED) is 0.809. The standard InChI is InChI=1S/C11H17ClN4O/c1-11(2-4-17-5-3-11)6-14-10-8(13)9(12)15-7-16-10/h7H,2-6,13H2,1H3,(H,14,15,16). The lowest BCUT2D eigenvalue weighted by atomic mass is 9.82. The fraction of sp³-hybridized carbons (Fsp3) is 0.636. The molecule has 1 aliphatic rings. The van der Waals surface area contributed by atoms with Crippen LogP contribution in [0.2, 0.25) is 5.15 Å². The highest BCUT2D eigenvalue weighted by atomic mass is 35.5. The van der Waals surface area contributed by atoms with Gasteiger partial charge in [0.25, 0.3) is 0 Å². The molecule has 0 unspecified atom stereocenters. The van der Waals surface area contributed by atoms with Crippen molar-refractivity contribution in [3.8, 4) is 0 Å². The van der Waals surface area contributed by atoms with Crippen molar-refractivity contribution in [3.05, 3.63) is 11.5 Å². The molecule has 1 fully saturated rings. The number of anilines is 2. The Labute approximate surface area is 106 Å². The molecule has 0 atom stereocenters. The minimum absolute atomic E-state index is 0.224. The van der Waals surface area contributed by atoms with Gasteiger partial charge >= 0.3 is 0 Å². The summed E-state index contributed by atoms with van der Waals surface area (Å²) in [4.78, 5) is 7.91. The largest absolute Gasteiger partial charge is 0.393 e. The third-order valence-electron chi connectivity index (χ3n) is 3.22. The molecule has 0 radical (unpaired) electrons. The first-order chi connectivity index (χ1) is 8.11. The molecular weight excluding hydrogens is 240 g/mol. The lowest BCUT2D eigenvalue weighted by Crippen LogP contribution is -2.33. The maximum atomic E-state index is 5.83. The molecule has 3 N–H and O–H groups in total. The van der Waals surface area contributed by atoms with Crippen molar-refractivity contribution in [3.63, 3.8) is 0 Å². The fourth-order valence-electron chi connectivity index (χ4n) is 1.85. The third-order valence-corrected chi connectivity index (χ3v) is 3.52. The van der Waals surface area contributed by atoms with Crippen LogP contribution < -0.4 is 11.1 Å². The molecule has 1 saturated heterocycles. The van der Waals surface area contributed by atoms with Crippen molar-refractivity contribution < 1.29 is 4.74 Å². The number of ether oxygens (including phenoxy) is 1. The van der Waals surface area contributed by atoms with Crippen LogP contribution in [0.15, 0.2) is 6.33 Å². The average molecular weight is 257 g/mol. The summed E-state index contributed by atoms with van der Waals surface area (Å²) < 4.78 is 5.36. The van der Waals surface area contributed by atoms with Crippen LogP contribution >= 0.6 is 11.6 Å². The summed E-state index contributed by atoms with van der Waals surface area (Å²) in [5.41, 5.74) is 6.43. The first kappa shape index (κ1) is 12.4. The Hall–Kier alpha value is -1.07. The molecular formula is C11H17ClN4O. The number of halogens is 1. The molecule has 0 amide bonds. The van der Waals surface area contributed by atoms with Gasteiger partial charge < -0.3 is 15.8 Å². The number of nitrogens with zero attached hydrogens (tertiary/aromatic N) is 2. The maximum Gasteiger partial charge on any atom is 0.157 e. The predicted molar refractivity (Wildman–Crippen MR) is 68.1 cm³/mol. The summed E-state index contributed by atoms with van der Waals surface area (Å²) in [5, 5.41) is 3.54. The molecule has 1 aliphatic heterocycles. The van der Waals surface area contributed by atoms with Crippen molar-refractivity contribution in [2.75, 3.05) is 30.8 Å². The molecule has 0 bridgehead atoms. The van der Waals surface area contributed by atoms with Crippen molar-refractivity contribution in [1.82, 2.24) is 9.97 Å². The smallest absolute Gasteiger partial charge is 0.157 e. The second-order valence-corrected chi connectivity index (χ2v) is 5.06. The fourth-order valence-corrected chi connectivity index (χ4v) is 1.99. The molecule has 1 aromatic heterocycles. The van der Waals surface area contributed by atoms with E-state index in [0.29, 0.717) is 16.7 Å². The zero-order chi connectivity index (χ0) is 12.3. The van der Waals surface area contributed by atoms with Crippen LogP contribution in [0.4, 0.5) is 11.5 Å². The van der Waals surface area contributed by atoms with Gasteiger partial charge in [0.15, 0.2) is 11.0 Å². The molecule has 94 valence electrons. The average Bonchev–Trinajstić information content (AvgIpc) is 2.32. The second-order valence-electron chi connectivity index (χ2n) is 4.70. The van der Waals surface area contributed by atoms with E-state index in [1.54, 1.807) is 0 Å². The summed E-state index contributed by atoms with van der Waals surface area (Å²) in [6.07, 6.45) is 3.49. The number of hydrogen-bond acceptors (Lipinski definition) is 5. The van der Waals surface area contributed by atoms with Gasteiger partial charge in [-0.3, -0.25) is 0 Å². The predicted octanol–water partition coefficient (Wildman–Crippen LogP) is 1.94. The Morgan fingerprint density at radius 2 is 2.18 bits per heavy atom. The van der Waals surface area contributed by atoms with Crippen LogP contribution in [0.25, 0.3) is 0 Å². The summed E-state index contributed by atoms with van der Waals surface area (Å²) in [6.45, 7) is 4.69. The minimum atomic E-state index is 0.224. The first-order valence-corrected chi connectivity index (χ1v) is 6.06. The number of nitrogen functional groups attached to an aromatic ring is 1. The van der Waals surface area contributed by atoms with Crippen molar-refractivity contribution in [2.24, 2.45) is 5.41 Å². The monoisotopic (exact) mass is 256 g/mol. The Bertz CT molecular complexity index is 393. The Kier molecular flexibility index (Phi) is 3.69. The van der Waals surface area contributed by atoms with Gasteiger partial charge in [0.2, 0.25) is 0 Å². The van der Waals surface area contributed by atoms with Gasteiger partial charge in [0.05, 0.1) is 0 Å². The van der Waals surface area contributed by atoms with Crippen LogP contribution in [-0.2, 0) is 4.74 Å². The summed E-state index contributed by atoms with van der Waals surface area (Å²) in [7, 11) is 0. The summed E-state index contributed by atoms with van der Waals surface area (Å²) in [6, 6.07) is 0. The molecule has 0 saturated carbocycles. The van der Waals surface area contributed by atoms with E-state index in [0.717, 1.165) is 32.6 Å². The number of rotatable bonds is 3. The molecule has 0 aromatic carbocycles. The minimum Gasteiger partial charge on any atom is -0.393 e. The number of hydrogen-bond donors (Lipinski definition) is 2. The summed E-state index contributed by atoms with van der Waals surface area (Å²) >= 11 is 5.83. The molecule has 0 spiro atoms. The highest BCUT2D eigenvalue weighted by Gasteiger charge is 2.27. The lowest BCUT2D eigenvalue weighted by Gasteiger charge is -2.33. The van der Waals surface area contributed by atoms with Crippen molar-refractivity contribution in [1.29, 1.82) is 0 Å².